The molecule has 102 valence electrons. The third-order valence-corrected chi connectivity index (χ3v) is 4.93. The maximum Gasteiger partial charge on any atom is 0.179 e. The van der Waals surface area contributed by atoms with Gasteiger partial charge in [0.05, 0.1) is 5.52 Å². The number of pyridine rings is 1. The van der Waals surface area contributed by atoms with Crippen molar-refractivity contribution >= 4 is 23.4 Å². The van der Waals surface area contributed by atoms with E-state index in [0.29, 0.717) is 6.04 Å². The first-order chi connectivity index (χ1) is 9.06. The molecule has 0 bridgehead atoms. The summed E-state index contributed by atoms with van der Waals surface area (Å²) in [5.41, 5.74) is 3.25. The van der Waals surface area contributed by atoms with E-state index in [4.69, 9.17) is 12.2 Å². The third kappa shape index (κ3) is 2.22. The number of hydrogen-bond acceptors (Lipinski definition) is 2. The molecule has 1 aliphatic rings. The molecule has 3 atom stereocenters. The van der Waals surface area contributed by atoms with Crippen molar-refractivity contribution in [2.75, 3.05) is 0 Å². The molecule has 0 saturated heterocycles. The molecule has 1 aliphatic carbocycles. The topological polar surface area (TPSA) is 33.6 Å². The van der Waals surface area contributed by atoms with Crippen molar-refractivity contribution in [3.05, 3.63) is 22.6 Å². The Morgan fingerprint density at radius 1 is 1.32 bits per heavy atom. The molecule has 3 nitrogen and oxygen atoms in total. The van der Waals surface area contributed by atoms with Crippen molar-refractivity contribution in [3.8, 4) is 0 Å². The van der Waals surface area contributed by atoms with Crippen LogP contribution in [0, 0.1) is 23.5 Å². The zero-order valence-electron chi connectivity index (χ0n) is 11.8. The van der Waals surface area contributed by atoms with Gasteiger partial charge in [-0.2, -0.15) is 0 Å². The van der Waals surface area contributed by atoms with Gasteiger partial charge in [-0.15, -0.1) is 0 Å². The third-order valence-electron chi connectivity index (χ3n) is 4.63. The number of imidazole rings is 1. The molecule has 0 radical (unpaired) electrons. The Hall–Kier alpha value is -1.16. The fourth-order valence-electron chi connectivity index (χ4n) is 3.21. The molecule has 19 heavy (non-hydrogen) atoms. The number of H-pyrrole nitrogens is 1. The molecule has 2 aromatic heterocycles. The van der Waals surface area contributed by atoms with Crippen LogP contribution in [0.3, 0.4) is 0 Å². The van der Waals surface area contributed by atoms with E-state index in [-0.39, 0.29) is 0 Å². The van der Waals surface area contributed by atoms with Gasteiger partial charge in [0.25, 0.3) is 0 Å². The first-order valence-electron chi connectivity index (χ1n) is 7.13. The summed E-state index contributed by atoms with van der Waals surface area (Å²) in [6.07, 6.45) is 5.63. The second kappa shape index (κ2) is 4.75. The lowest BCUT2D eigenvalue weighted by molar-refractivity contribution is 0.212. The number of aromatic amines is 1. The molecule has 2 heterocycles. The highest BCUT2D eigenvalue weighted by Crippen LogP contribution is 2.37. The molecule has 0 amide bonds. The molecular formula is C15H21N3S. The van der Waals surface area contributed by atoms with Crippen molar-refractivity contribution in [2.45, 2.75) is 46.1 Å². The van der Waals surface area contributed by atoms with Gasteiger partial charge in [-0.25, -0.2) is 4.98 Å². The zero-order chi connectivity index (χ0) is 13.6. The molecule has 3 rings (SSSR count). The fourth-order valence-corrected chi connectivity index (χ4v) is 3.56. The maximum absolute atomic E-state index is 5.51. The number of rotatable bonds is 1. The van der Waals surface area contributed by atoms with E-state index >= 15 is 0 Å². The van der Waals surface area contributed by atoms with Gasteiger partial charge in [0, 0.05) is 12.2 Å². The molecular weight excluding hydrogens is 254 g/mol. The van der Waals surface area contributed by atoms with E-state index in [9.17, 15) is 0 Å². The molecule has 4 heteroatoms. The lowest BCUT2D eigenvalue weighted by Crippen LogP contribution is -2.23. The van der Waals surface area contributed by atoms with Gasteiger partial charge in [0.2, 0.25) is 0 Å². The number of nitrogens with zero attached hydrogens (tertiary/aromatic N) is 2. The van der Waals surface area contributed by atoms with Crippen LogP contribution in [-0.4, -0.2) is 14.5 Å². The van der Waals surface area contributed by atoms with Gasteiger partial charge in [-0.3, -0.25) is 4.57 Å². The van der Waals surface area contributed by atoms with Gasteiger partial charge < -0.3 is 4.98 Å². The van der Waals surface area contributed by atoms with E-state index in [2.05, 4.69) is 41.4 Å². The summed E-state index contributed by atoms with van der Waals surface area (Å²) in [5, 5.41) is 0. The van der Waals surface area contributed by atoms with Gasteiger partial charge in [0.15, 0.2) is 10.4 Å². The Bertz CT molecular complexity index is 655. The minimum Gasteiger partial charge on any atom is -0.329 e. The van der Waals surface area contributed by atoms with Crippen molar-refractivity contribution in [2.24, 2.45) is 11.8 Å². The Labute approximate surface area is 119 Å². The van der Waals surface area contributed by atoms with Gasteiger partial charge in [0.1, 0.15) is 0 Å². The highest BCUT2D eigenvalue weighted by atomic mass is 32.1. The van der Waals surface area contributed by atoms with E-state index in [1.54, 1.807) is 0 Å². The predicted molar refractivity (Wildman–Crippen MR) is 80.9 cm³/mol. The Kier molecular flexibility index (Phi) is 3.21. The van der Waals surface area contributed by atoms with Crippen LogP contribution in [0.1, 0.15) is 44.7 Å². The van der Waals surface area contributed by atoms with E-state index in [1.807, 2.05) is 6.20 Å². The van der Waals surface area contributed by atoms with Gasteiger partial charge in [-0.05, 0) is 61.9 Å². The molecule has 0 aliphatic heterocycles. The van der Waals surface area contributed by atoms with E-state index < -0.39 is 0 Å². The van der Waals surface area contributed by atoms with E-state index in [1.165, 1.54) is 24.8 Å². The van der Waals surface area contributed by atoms with Crippen LogP contribution in [0.4, 0.5) is 0 Å². The summed E-state index contributed by atoms with van der Waals surface area (Å²) in [4.78, 5) is 7.89. The largest absolute Gasteiger partial charge is 0.329 e. The van der Waals surface area contributed by atoms with Crippen molar-refractivity contribution < 1.29 is 0 Å². The average molecular weight is 275 g/mol. The molecule has 1 saturated carbocycles. The van der Waals surface area contributed by atoms with Crippen molar-refractivity contribution in [1.29, 1.82) is 0 Å². The minimum atomic E-state index is 0.502. The van der Waals surface area contributed by atoms with Crippen LogP contribution in [-0.2, 0) is 0 Å². The standard InChI is InChI=1S/C15H21N3S/c1-9-6-13-14(16-8-9)18(15(19)17-13)12-5-4-10(2)11(3)7-12/h6,8,10-12H,4-5,7H2,1-3H3,(H,17,19). The normalized spacial score (nSPS) is 27.8. The molecule has 3 unspecified atom stereocenters. The van der Waals surface area contributed by atoms with Crippen LogP contribution >= 0.6 is 12.2 Å². The highest BCUT2D eigenvalue weighted by Gasteiger charge is 2.27. The van der Waals surface area contributed by atoms with Crippen LogP contribution < -0.4 is 0 Å². The van der Waals surface area contributed by atoms with E-state index in [0.717, 1.165) is 27.8 Å². The second-order valence-corrected chi connectivity index (χ2v) is 6.49. The van der Waals surface area contributed by atoms with Crippen LogP contribution in [0.15, 0.2) is 12.3 Å². The van der Waals surface area contributed by atoms with Crippen LogP contribution in [0.25, 0.3) is 11.2 Å². The Morgan fingerprint density at radius 2 is 2.11 bits per heavy atom. The van der Waals surface area contributed by atoms with Gasteiger partial charge in [-0.1, -0.05) is 13.8 Å². The summed E-state index contributed by atoms with van der Waals surface area (Å²) >= 11 is 5.51. The fraction of sp³-hybridized carbons (Fsp3) is 0.600. The summed E-state index contributed by atoms with van der Waals surface area (Å²) in [7, 11) is 0. The first kappa shape index (κ1) is 12.9. The maximum atomic E-state index is 5.51. The smallest absolute Gasteiger partial charge is 0.179 e. The summed E-state index contributed by atoms with van der Waals surface area (Å²) in [6.45, 7) is 6.77. The number of aromatic nitrogens is 3. The monoisotopic (exact) mass is 275 g/mol. The summed E-state index contributed by atoms with van der Waals surface area (Å²) in [5.74, 6) is 1.59. The van der Waals surface area contributed by atoms with Crippen LogP contribution in [0.5, 0.6) is 0 Å². The first-order valence-corrected chi connectivity index (χ1v) is 7.54. The number of nitrogens with one attached hydrogen (secondary N) is 1. The Morgan fingerprint density at radius 3 is 2.84 bits per heavy atom. The SMILES string of the molecule is Cc1cnc2c(c1)[nH]c(=S)n2C1CCC(C)C(C)C1. The van der Waals surface area contributed by atoms with Crippen LogP contribution in [0.2, 0.25) is 0 Å². The summed E-state index contributed by atoms with van der Waals surface area (Å²) < 4.78 is 3.06. The van der Waals surface area contributed by atoms with Gasteiger partial charge >= 0.3 is 0 Å². The quantitative estimate of drug-likeness (QED) is 0.783. The second-order valence-electron chi connectivity index (χ2n) is 6.11. The molecule has 2 aromatic rings. The predicted octanol–water partition coefficient (Wildman–Crippen LogP) is 4.40. The Balaban J connectivity index is 2.05. The summed E-state index contributed by atoms with van der Waals surface area (Å²) in [6, 6.07) is 2.63. The molecule has 0 spiro atoms. The van der Waals surface area contributed by atoms with Crippen molar-refractivity contribution in [3.63, 3.8) is 0 Å². The average Bonchev–Trinajstić information content (AvgIpc) is 2.68. The molecule has 0 aromatic carbocycles. The lowest BCUT2D eigenvalue weighted by Gasteiger charge is -2.32. The number of hydrogen-bond donors (Lipinski definition) is 1. The number of aryl methyl sites for hydroxylation is 1. The minimum absolute atomic E-state index is 0.502. The highest BCUT2D eigenvalue weighted by molar-refractivity contribution is 7.71. The number of fused-ring (bicyclic) bond motifs is 1. The lowest BCUT2D eigenvalue weighted by atomic mass is 9.79. The molecule has 1 fully saturated rings. The molecule has 1 N–H and O–H groups in total. The zero-order valence-corrected chi connectivity index (χ0v) is 12.6. The van der Waals surface area contributed by atoms with Crippen molar-refractivity contribution in [1.82, 2.24) is 14.5 Å².